The molecule has 162 valence electrons. The molecule has 1 amide bonds. The van der Waals surface area contributed by atoms with E-state index in [0.29, 0.717) is 31.9 Å². The Balaban J connectivity index is 1.26. The summed E-state index contributed by atoms with van der Waals surface area (Å²) >= 11 is 0. The molecule has 2 aromatic carbocycles. The Morgan fingerprint density at radius 1 is 1.16 bits per heavy atom. The van der Waals surface area contributed by atoms with Gasteiger partial charge in [-0.15, -0.1) is 0 Å². The van der Waals surface area contributed by atoms with Gasteiger partial charge in [0.25, 0.3) is 0 Å². The van der Waals surface area contributed by atoms with Crippen molar-refractivity contribution < 1.29 is 14.3 Å². The van der Waals surface area contributed by atoms with E-state index < -0.39 is 0 Å². The van der Waals surface area contributed by atoms with E-state index in [2.05, 4.69) is 37.1 Å². The molecule has 0 spiro atoms. The van der Waals surface area contributed by atoms with Crippen molar-refractivity contribution in [1.29, 1.82) is 0 Å². The Morgan fingerprint density at radius 3 is 2.77 bits per heavy atom. The third-order valence-electron chi connectivity index (χ3n) is 5.35. The highest BCUT2D eigenvalue weighted by Crippen LogP contribution is 2.41. The molecule has 0 bridgehead atoms. The predicted octanol–water partition coefficient (Wildman–Crippen LogP) is 4.07. The minimum absolute atomic E-state index is 0.0321. The molecule has 6 nitrogen and oxygen atoms in total. The molecule has 0 atom stereocenters. The second kappa shape index (κ2) is 8.84. The maximum absolute atomic E-state index is 12.6. The fourth-order valence-electron chi connectivity index (χ4n) is 3.85. The lowest BCUT2D eigenvalue weighted by molar-refractivity contribution is -0.130. The van der Waals surface area contributed by atoms with Crippen LogP contribution in [0.15, 0.2) is 60.9 Å². The van der Waals surface area contributed by atoms with Crippen LogP contribution in [-0.4, -0.2) is 39.8 Å². The molecule has 1 aromatic heterocycles. The molecule has 2 heterocycles. The van der Waals surface area contributed by atoms with Crippen molar-refractivity contribution in [2.75, 3.05) is 13.7 Å². The monoisotopic (exact) mass is 419 g/mol. The van der Waals surface area contributed by atoms with Gasteiger partial charge in [0, 0.05) is 37.3 Å². The van der Waals surface area contributed by atoms with Gasteiger partial charge in [-0.25, -0.2) is 0 Å². The molecule has 0 aliphatic carbocycles. The average Bonchev–Trinajstić information content (AvgIpc) is 3.30. The number of carbonyl (C=O) groups is 1. The average molecular weight is 420 g/mol. The van der Waals surface area contributed by atoms with Gasteiger partial charge in [-0.3, -0.25) is 9.48 Å². The first-order valence-electron chi connectivity index (χ1n) is 10.6. The van der Waals surface area contributed by atoms with Crippen molar-refractivity contribution in [3.63, 3.8) is 0 Å². The van der Waals surface area contributed by atoms with E-state index in [1.54, 1.807) is 4.90 Å². The number of aromatic nitrogens is 2. The summed E-state index contributed by atoms with van der Waals surface area (Å²) in [7, 11) is 1.81. The third-order valence-corrected chi connectivity index (χ3v) is 5.35. The molecule has 0 fully saturated rings. The fraction of sp³-hybridized carbons (Fsp3) is 0.360. The van der Waals surface area contributed by atoms with Crippen LogP contribution in [0.25, 0.3) is 0 Å². The van der Waals surface area contributed by atoms with Crippen LogP contribution < -0.4 is 9.47 Å². The molecule has 31 heavy (non-hydrogen) atoms. The minimum Gasteiger partial charge on any atom is -0.489 e. The summed E-state index contributed by atoms with van der Waals surface area (Å²) in [5.41, 5.74) is 3.13. The maximum Gasteiger partial charge on any atom is 0.226 e. The van der Waals surface area contributed by atoms with Crippen LogP contribution in [0, 0.1) is 0 Å². The zero-order chi connectivity index (χ0) is 21.8. The molecule has 3 aromatic rings. The summed E-state index contributed by atoms with van der Waals surface area (Å²) < 4.78 is 13.8. The van der Waals surface area contributed by atoms with E-state index >= 15 is 0 Å². The molecule has 1 aliphatic heterocycles. The SMILES string of the molecule is CN(Cc1cnn(Cc2ccccc2)c1)C(=O)CCOc1cccc2c1OC(C)(C)C2. The summed E-state index contributed by atoms with van der Waals surface area (Å²) in [6, 6.07) is 16.1. The molecule has 6 heteroatoms. The zero-order valence-electron chi connectivity index (χ0n) is 18.4. The lowest BCUT2D eigenvalue weighted by Crippen LogP contribution is -2.27. The highest BCUT2D eigenvalue weighted by Gasteiger charge is 2.32. The molecule has 4 rings (SSSR count). The zero-order valence-corrected chi connectivity index (χ0v) is 18.4. The maximum atomic E-state index is 12.6. The van der Waals surface area contributed by atoms with Gasteiger partial charge in [0.1, 0.15) is 5.60 Å². The lowest BCUT2D eigenvalue weighted by Gasteiger charge is -2.19. The van der Waals surface area contributed by atoms with E-state index in [9.17, 15) is 4.79 Å². The van der Waals surface area contributed by atoms with E-state index in [4.69, 9.17) is 9.47 Å². The lowest BCUT2D eigenvalue weighted by atomic mass is 10.0. The summed E-state index contributed by atoms with van der Waals surface area (Å²) in [4.78, 5) is 14.3. The van der Waals surface area contributed by atoms with E-state index in [-0.39, 0.29) is 11.5 Å². The summed E-state index contributed by atoms with van der Waals surface area (Å²) in [5.74, 6) is 1.55. The Hall–Kier alpha value is -3.28. The number of ether oxygens (including phenoxy) is 2. The Bertz CT molecular complexity index is 1040. The minimum atomic E-state index is -0.219. The molecule has 0 radical (unpaired) electrons. The van der Waals surface area contributed by atoms with Gasteiger partial charge >= 0.3 is 0 Å². The Kier molecular flexibility index (Phi) is 5.98. The van der Waals surface area contributed by atoms with Crippen LogP contribution in [-0.2, 0) is 24.3 Å². The van der Waals surface area contributed by atoms with E-state index in [1.807, 2.05) is 54.5 Å². The van der Waals surface area contributed by atoms with Crippen molar-refractivity contribution in [1.82, 2.24) is 14.7 Å². The first-order chi connectivity index (χ1) is 14.9. The Labute approximate surface area is 183 Å². The van der Waals surface area contributed by atoms with Crippen LogP contribution in [0.4, 0.5) is 0 Å². The van der Waals surface area contributed by atoms with Crippen molar-refractivity contribution in [3.8, 4) is 11.5 Å². The number of para-hydroxylation sites is 1. The number of carbonyl (C=O) groups excluding carboxylic acids is 1. The number of hydrogen-bond acceptors (Lipinski definition) is 4. The Morgan fingerprint density at radius 2 is 1.97 bits per heavy atom. The molecule has 0 N–H and O–H groups in total. The number of benzene rings is 2. The van der Waals surface area contributed by atoms with Gasteiger partial charge in [0.2, 0.25) is 5.91 Å². The highest BCUT2D eigenvalue weighted by molar-refractivity contribution is 5.76. The topological polar surface area (TPSA) is 56.6 Å². The first kappa shape index (κ1) is 21.0. The standard InChI is InChI=1S/C25H29N3O3/c1-25(2)14-21-10-7-11-22(24(21)31-25)30-13-12-23(29)27(3)16-20-15-26-28(18-20)17-19-8-5-4-6-9-19/h4-11,15,18H,12-14,16-17H2,1-3H3. The fourth-order valence-corrected chi connectivity index (χ4v) is 3.85. The van der Waals surface area contributed by atoms with Gasteiger partial charge in [0.15, 0.2) is 11.5 Å². The summed E-state index contributed by atoms with van der Waals surface area (Å²) in [5, 5.41) is 4.41. The van der Waals surface area contributed by atoms with Crippen molar-refractivity contribution in [3.05, 3.63) is 77.6 Å². The van der Waals surface area contributed by atoms with Crippen LogP contribution in [0.3, 0.4) is 0 Å². The van der Waals surface area contributed by atoms with Crippen LogP contribution in [0.2, 0.25) is 0 Å². The number of nitrogens with zero attached hydrogens (tertiary/aromatic N) is 3. The van der Waals surface area contributed by atoms with Gasteiger partial charge < -0.3 is 14.4 Å². The molecule has 0 saturated carbocycles. The van der Waals surface area contributed by atoms with E-state index in [0.717, 1.165) is 23.3 Å². The number of hydrogen-bond donors (Lipinski definition) is 0. The van der Waals surface area contributed by atoms with Crippen molar-refractivity contribution in [2.45, 2.75) is 45.4 Å². The van der Waals surface area contributed by atoms with E-state index in [1.165, 1.54) is 5.56 Å². The molecule has 1 aliphatic rings. The third kappa shape index (κ3) is 5.26. The molecular weight excluding hydrogens is 390 g/mol. The van der Waals surface area contributed by atoms with Gasteiger partial charge in [-0.2, -0.15) is 5.10 Å². The molecule has 0 saturated heterocycles. The second-order valence-corrected chi connectivity index (χ2v) is 8.66. The van der Waals surface area contributed by atoms with Crippen LogP contribution >= 0.6 is 0 Å². The van der Waals surface area contributed by atoms with Gasteiger partial charge in [0.05, 0.1) is 25.8 Å². The van der Waals surface area contributed by atoms with Crippen LogP contribution in [0.1, 0.15) is 37.0 Å². The highest BCUT2D eigenvalue weighted by atomic mass is 16.5. The number of fused-ring (bicyclic) bond motifs is 1. The summed E-state index contributed by atoms with van der Waals surface area (Å²) in [6.07, 6.45) is 4.97. The predicted molar refractivity (Wildman–Crippen MR) is 119 cm³/mol. The van der Waals surface area contributed by atoms with Crippen LogP contribution in [0.5, 0.6) is 11.5 Å². The second-order valence-electron chi connectivity index (χ2n) is 8.66. The molecule has 0 unspecified atom stereocenters. The quantitative estimate of drug-likeness (QED) is 0.552. The van der Waals surface area contributed by atoms with Crippen molar-refractivity contribution in [2.24, 2.45) is 0 Å². The first-order valence-corrected chi connectivity index (χ1v) is 10.6. The number of amides is 1. The number of rotatable bonds is 8. The largest absolute Gasteiger partial charge is 0.489 e. The van der Waals surface area contributed by atoms with Crippen molar-refractivity contribution >= 4 is 5.91 Å². The molecular formula is C25H29N3O3. The normalized spacial score (nSPS) is 14.0. The van der Waals surface area contributed by atoms with Gasteiger partial charge in [-0.05, 0) is 25.5 Å². The smallest absolute Gasteiger partial charge is 0.226 e. The summed E-state index contributed by atoms with van der Waals surface area (Å²) in [6.45, 7) is 5.68. The van der Waals surface area contributed by atoms with Gasteiger partial charge in [-0.1, -0.05) is 42.5 Å².